The SMILES string of the molecule is CC(OC(=O)c1ccc(F)cc1N)c1nnc(-c2ccc([N+](=O)[O-])cc2)o1. The molecule has 1 heterocycles. The number of non-ortho nitro benzene ring substituents is 1. The number of nitro benzene ring substituents is 1. The van der Waals surface area contributed by atoms with Crippen molar-refractivity contribution in [3.05, 3.63) is 69.9 Å². The van der Waals surface area contributed by atoms with Gasteiger partial charge in [-0.3, -0.25) is 10.1 Å². The fraction of sp³-hybridized carbons (Fsp3) is 0.118. The Bertz CT molecular complexity index is 1000. The summed E-state index contributed by atoms with van der Waals surface area (Å²) < 4.78 is 23.7. The minimum absolute atomic E-state index is 0.0124. The number of nitrogens with two attached hydrogens (primary N) is 1. The number of nitro groups is 1. The molecule has 10 heteroatoms. The van der Waals surface area contributed by atoms with E-state index in [0.717, 1.165) is 12.1 Å². The third-order valence-electron chi connectivity index (χ3n) is 3.63. The van der Waals surface area contributed by atoms with E-state index >= 15 is 0 Å². The van der Waals surface area contributed by atoms with Gasteiger partial charge in [-0.1, -0.05) is 0 Å². The van der Waals surface area contributed by atoms with Gasteiger partial charge in [0, 0.05) is 23.4 Å². The number of carbonyl (C=O) groups excluding carboxylic acids is 1. The lowest BCUT2D eigenvalue weighted by atomic mass is 10.2. The number of rotatable bonds is 5. The zero-order valence-electron chi connectivity index (χ0n) is 14.0. The predicted molar refractivity (Wildman–Crippen MR) is 91.0 cm³/mol. The van der Waals surface area contributed by atoms with E-state index in [0.29, 0.717) is 5.56 Å². The van der Waals surface area contributed by atoms with Crippen molar-refractivity contribution in [2.24, 2.45) is 0 Å². The minimum atomic E-state index is -0.888. The Kier molecular flexibility index (Phi) is 4.79. The normalized spacial score (nSPS) is 11.8. The maximum Gasteiger partial charge on any atom is 0.341 e. The van der Waals surface area contributed by atoms with Gasteiger partial charge in [0.2, 0.25) is 5.89 Å². The summed E-state index contributed by atoms with van der Waals surface area (Å²) in [5.41, 5.74) is 5.97. The van der Waals surface area contributed by atoms with Gasteiger partial charge in [-0.05, 0) is 37.3 Å². The van der Waals surface area contributed by atoms with Gasteiger partial charge in [0.15, 0.2) is 6.10 Å². The van der Waals surface area contributed by atoms with Crippen molar-refractivity contribution in [1.29, 1.82) is 0 Å². The first-order chi connectivity index (χ1) is 12.8. The molecule has 0 aliphatic carbocycles. The van der Waals surface area contributed by atoms with E-state index in [1.54, 1.807) is 0 Å². The molecule has 2 aromatic carbocycles. The topological polar surface area (TPSA) is 134 Å². The number of nitrogens with zero attached hydrogens (tertiary/aromatic N) is 3. The monoisotopic (exact) mass is 372 g/mol. The van der Waals surface area contributed by atoms with E-state index < -0.39 is 22.8 Å². The van der Waals surface area contributed by atoms with Gasteiger partial charge >= 0.3 is 5.97 Å². The molecular formula is C17H13FN4O5. The Morgan fingerprint density at radius 2 is 1.96 bits per heavy atom. The summed E-state index contributed by atoms with van der Waals surface area (Å²) in [6.45, 7) is 1.52. The Morgan fingerprint density at radius 3 is 2.59 bits per heavy atom. The van der Waals surface area contributed by atoms with Gasteiger partial charge in [0.05, 0.1) is 10.5 Å². The summed E-state index contributed by atoms with van der Waals surface area (Å²) in [6, 6.07) is 8.87. The van der Waals surface area contributed by atoms with Crippen LogP contribution >= 0.6 is 0 Å². The van der Waals surface area contributed by atoms with Gasteiger partial charge in [-0.25, -0.2) is 9.18 Å². The quantitative estimate of drug-likeness (QED) is 0.312. The highest BCUT2D eigenvalue weighted by Crippen LogP contribution is 2.25. The van der Waals surface area contributed by atoms with E-state index in [-0.39, 0.29) is 28.7 Å². The number of benzene rings is 2. The van der Waals surface area contributed by atoms with E-state index in [2.05, 4.69) is 10.2 Å². The summed E-state index contributed by atoms with van der Waals surface area (Å²) in [5, 5.41) is 18.3. The maximum atomic E-state index is 13.1. The first-order valence-corrected chi connectivity index (χ1v) is 7.69. The number of anilines is 1. The predicted octanol–water partition coefficient (Wildman–Crippen LogP) is 3.28. The Balaban J connectivity index is 1.73. The molecule has 0 spiro atoms. The molecule has 0 radical (unpaired) electrons. The van der Waals surface area contributed by atoms with Crippen molar-refractivity contribution >= 4 is 17.3 Å². The number of nitrogen functional groups attached to an aromatic ring is 1. The molecule has 0 amide bonds. The number of aromatic nitrogens is 2. The van der Waals surface area contributed by atoms with Crippen molar-refractivity contribution in [3.8, 4) is 11.5 Å². The van der Waals surface area contributed by atoms with Crippen LogP contribution in [0.15, 0.2) is 46.9 Å². The Morgan fingerprint density at radius 1 is 1.26 bits per heavy atom. The molecule has 2 N–H and O–H groups in total. The molecular weight excluding hydrogens is 359 g/mol. The molecule has 138 valence electrons. The number of hydrogen-bond acceptors (Lipinski definition) is 8. The molecule has 3 aromatic rings. The standard InChI is InChI=1S/C17H13FN4O5/c1-9(26-17(23)13-7-4-11(18)8-14(13)19)15-20-21-16(27-15)10-2-5-12(6-3-10)22(24)25/h2-9H,19H2,1H3. The number of hydrogen-bond donors (Lipinski definition) is 1. The van der Waals surface area contributed by atoms with Crippen molar-refractivity contribution < 1.29 is 23.3 Å². The van der Waals surface area contributed by atoms with E-state index in [9.17, 15) is 19.3 Å². The molecule has 0 aliphatic rings. The number of halogens is 1. The number of carbonyl (C=O) groups is 1. The smallest absolute Gasteiger partial charge is 0.341 e. The van der Waals surface area contributed by atoms with E-state index in [4.69, 9.17) is 14.9 Å². The molecule has 0 aliphatic heterocycles. The fourth-order valence-corrected chi connectivity index (χ4v) is 2.24. The third kappa shape index (κ3) is 3.89. The van der Waals surface area contributed by atoms with Crippen LogP contribution in [0, 0.1) is 15.9 Å². The molecule has 1 unspecified atom stereocenters. The van der Waals surface area contributed by atoms with Crippen molar-refractivity contribution in [2.45, 2.75) is 13.0 Å². The Labute approximate surface area is 151 Å². The maximum absolute atomic E-state index is 13.1. The zero-order valence-corrected chi connectivity index (χ0v) is 14.0. The molecule has 27 heavy (non-hydrogen) atoms. The molecule has 0 saturated heterocycles. The highest BCUT2D eigenvalue weighted by Gasteiger charge is 2.21. The first kappa shape index (κ1) is 18.0. The van der Waals surface area contributed by atoms with Gasteiger partial charge in [0.25, 0.3) is 11.6 Å². The summed E-state index contributed by atoms with van der Waals surface area (Å²) in [7, 11) is 0. The molecule has 0 saturated carbocycles. The van der Waals surface area contributed by atoms with Crippen LogP contribution in [0.1, 0.15) is 29.3 Å². The van der Waals surface area contributed by atoms with Crippen LogP contribution in [0.2, 0.25) is 0 Å². The fourth-order valence-electron chi connectivity index (χ4n) is 2.24. The Hall–Kier alpha value is -3.82. The second-order valence-corrected chi connectivity index (χ2v) is 5.53. The van der Waals surface area contributed by atoms with Crippen LogP contribution in [0.3, 0.4) is 0 Å². The van der Waals surface area contributed by atoms with Crippen LogP contribution in [0.5, 0.6) is 0 Å². The van der Waals surface area contributed by atoms with Crippen molar-refractivity contribution in [3.63, 3.8) is 0 Å². The second kappa shape index (κ2) is 7.20. The summed E-state index contributed by atoms with van der Waals surface area (Å²) >= 11 is 0. The minimum Gasteiger partial charge on any atom is -0.449 e. The lowest BCUT2D eigenvalue weighted by Crippen LogP contribution is -2.11. The van der Waals surface area contributed by atoms with Gasteiger partial charge in [-0.2, -0.15) is 0 Å². The average Bonchev–Trinajstić information content (AvgIpc) is 3.12. The van der Waals surface area contributed by atoms with Gasteiger partial charge < -0.3 is 14.9 Å². The first-order valence-electron chi connectivity index (χ1n) is 7.69. The van der Waals surface area contributed by atoms with Crippen LogP contribution in [-0.4, -0.2) is 21.1 Å². The van der Waals surface area contributed by atoms with E-state index in [1.807, 2.05) is 0 Å². The lowest BCUT2D eigenvalue weighted by molar-refractivity contribution is -0.384. The highest BCUT2D eigenvalue weighted by molar-refractivity contribution is 5.95. The van der Waals surface area contributed by atoms with E-state index in [1.165, 1.54) is 37.3 Å². The second-order valence-electron chi connectivity index (χ2n) is 5.53. The van der Waals surface area contributed by atoms with Crippen LogP contribution in [-0.2, 0) is 4.74 Å². The van der Waals surface area contributed by atoms with Crippen molar-refractivity contribution in [2.75, 3.05) is 5.73 Å². The van der Waals surface area contributed by atoms with Gasteiger partial charge in [-0.15, -0.1) is 10.2 Å². The highest BCUT2D eigenvalue weighted by atomic mass is 19.1. The molecule has 1 aromatic heterocycles. The average molecular weight is 372 g/mol. The summed E-state index contributed by atoms with van der Waals surface area (Å²) in [6.07, 6.45) is -0.888. The third-order valence-corrected chi connectivity index (χ3v) is 3.63. The number of ether oxygens (including phenoxy) is 1. The molecule has 0 fully saturated rings. The van der Waals surface area contributed by atoms with Crippen molar-refractivity contribution in [1.82, 2.24) is 10.2 Å². The number of esters is 1. The summed E-state index contributed by atoms with van der Waals surface area (Å²) in [5.74, 6) is -1.20. The van der Waals surface area contributed by atoms with Gasteiger partial charge in [0.1, 0.15) is 5.82 Å². The summed E-state index contributed by atoms with van der Waals surface area (Å²) in [4.78, 5) is 22.3. The van der Waals surface area contributed by atoms with Crippen LogP contribution < -0.4 is 5.73 Å². The lowest BCUT2D eigenvalue weighted by Gasteiger charge is -2.10. The zero-order chi connectivity index (χ0) is 19.6. The molecule has 3 rings (SSSR count). The molecule has 0 bridgehead atoms. The molecule has 9 nitrogen and oxygen atoms in total. The largest absolute Gasteiger partial charge is 0.449 e. The molecule has 1 atom stereocenters. The van der Waals surface area contributed by atoms with Crippen LogP contribution in [0.4, 0.5) is 15.8 Å². The van der Waals surface area contributed by atoms with Crippen LogP contribution in [0.25, 0.3) is 11.5 Å².